The highest BCUT2D eigenvalue weighted by molar-refractivity contribution is 9.09. The Labute approximate surface area is 105 Å². The van der Waals surface area contributed by atoms with Crippen molar-refractivity contribution in [1.82, 2.24) is 5.32 Å². The Morgan fingerprint density at radius 2 is 2.19 bits per heavy atom. The summed E-state index contributed by atoms with van der Waals surface area (Å²) < 4.78 is 5.45. The molecule has 4 heteroatoms. The minimum atomic E-state index is 0.151. The third kappa shape index (κ3) is 3.45. The van der Waals surface area contributed by atoms with Crippen LogP contribution in [0.15, 0.2) is 0 Å². The lowest BCUT2D eigenvalue weighted by Crippen LogP contribution is -2.32. The number of carbonyl (C=O) groups excluding carboxylic acids is 1. The summed E-state index contributed by atoms with van der Waals surface area (Å²) in [6, 6.07) is 0. The number of hydrogen-bond acceptors (Lipinski definition) is 2. The summed E-state index contributed by atoms with van der Waals surface area (Å²) in [6.07, 6.45) is 6.61. The molecule has 0 aromatic carbocycles. The van der Waals surface area contributed by atoms with Crippen LogP contribution in [0.4, 0.5) is 0 Å². The van der Waals surface area contributed by atoms with E-state index in [1.807, 2.05) is 0 Å². The molecule has 1 saturated carbocycles. The monoisotopic (exact) mass is 289 g/mol. The summed E-state index contributed by atoms with van der Waals surface area (Å²) in [4.78, 5) is 12.2. The molecule has 1 saturated heterocycles. The van der Waals surface area contributed by atoms with Crippen LogP contribution in [0.5, 0.6) is 0 Å². The van der Waals surface area contributed by atoms with Crippen LogP contribution in [0.1, 0.15) is 38.5 Å². The van der Waals surface area contributed by atoms with Gasteiger partial charge in [-0.2, -0.15) is 0 Å². The molecule has 1 aliphatic carbocycles. The van der Waals surface area contributed by atoms with Crippen LogP contribution >= 0.6 is 15.9 Å². The molecule has 1 amide bonds. The zero-order chi connectivity index (χ0) is 11.4. The van der Waals surface area contributed by atoms with E-state index in [4.69, 9.17) is 4.74 Å². The maximum atomic E-state index is 11.7. The molecule has 1 aliphatic heterocycles. The normalized spacial score (nSPS) is 34.2. The first-order valence-electron chi connectivity index (χ1n) is 6.28. The van der Waals surface area contributed by atoms with E-state index in [2.05, 4.69) is 21.2 Å². The van der Waals surface area contributed by atoms with Gasteiger partial charge in [0, 0.05) is 18.0 Å². The van der Waals surface area contributed by atoms with E-state index in [1.165, 1.54) is 19.3 Å². The molecule has 1 heterocycles. The van der Waals surface area contributed by atoms with E-state index in [1.54, 1.807) is 0 Å². The third-order valence-corrected chi connectivity index (χ3v) is 4.77. The van der Waals surface area contributed by atoms with Crippen molar-refractivity contribution in [2.75, 3.05) is 13.2 Å². The Hall–Kier alpha value is -0.0900. The van der Waals surface area contributed by atoms with Crippen molar-refractivity contribution in [3.05, 3.63) is 0 Å². The molecule has 92 valence electrons. The largest absolute Gasteiger partial charge is 0.378 e. The lowest BCUT2D eigenvalue weighted by atomic mass is 10.1. The van der Waals surface area contributed by atoms with Gasteiger partial charge in [0.05, 0.1) is 12.5 Å². The highest BCUT2D eigenvalue weighted by atomic mass is 79.9. The van der Waals surface area contributed by atoms with E-state index in [0.29, 0.717) is 17.2 Å². The van der Waals surface area contributed by atoms with Gasteiger partial charge in [0.2, 0.25) is 5.91 Å². The van der Waals surface area contributed by atoms with E-state index in [0.717, 1.165) is 26.0 Å². The Morgan fingerprint density at radius 1 is 1.31 bits per heavy atom. The Bertz CT molecular complexity index is 241. The van der Waals surface area contributed by atoms with Gasteiger partial charge in [0.25, 0.3) is 0 Å². The Kier molecular flexibility index (Phi) is 4.65. The summed E-state index contributed by atoms with van der Waals surface area (Å²) in [5.74, 6) is 0.770. The van der Waals surface area contributed by atoms with Gasteiger partial charge in [0.15, 0.2) is 0 Å². The highest BCUT2D eigenvalue weighted by Gasteiger charge is 2.25. The van der Waals surface area contributed by atoms with Gasteiger partial charge in [-0.25, -0.2) is 0 Å². The van der Waals surface area contributed by atoms with Crippen LogP contribution in [-0.2, 0) is 9.53 Å². The number of hydrogen-bond donors (Lipinski definition) is 1. The first-order valence-corrected chi connectivity index (χ1v) is 7.19. The maximum absolute atomic E-state index is 11.7. The van der Waals surface area contributed by atoms with E-state index < -0.39 is 0 Å². The van der Waals surface area contributed by atoms with Gasteiger partial charge < -0.3 is 10.1 Å². The minimum Gasteiger partial charge on any atom is -0.378 e. The van der Waals surface area contributed by atoms with Crippen LogP contribution in [0.2, 0.25) is 0 Å². The topological polar surface area (TPSA) is 38.3 Å². The summed E-state index contributed by atoms with van der Waals surface area (Å²) in [7, 11) is 0. The number of carbonyl (C=O) groups is 1. The van der Waals surface area contributed by atoms with Gasteiger partial charge in [-0.3, -0.25) is 4.79 Å². The average molecular weight is 290 g/mol. The van der Waals surface area contributed by atoms with E-state index >= 15 is 0 Å². The van der Waals surface area contributed by atoms with Crippen molar-refractivity contribution in [1.29, 1.82) is 0 Å². The first kappa shape index (κ1) is 12.4. The molecule has 0 bridgehead atoms. The molecule has 2 rings (SSSR count). The molecular weight excluding hydrogens is 270 g/mol. The summed E-state index contributed by atoms with van der Waals surface area (Å²) in [6.45, 7) is 1.64. The van der Waals surface area contributed by atoms with Gasteiger partial charge in [-0.1, -0.05) is 22.4 Å². The van der Waals surface area contributed by atoms with Crippen molar-refractivity contribution in [3.63, 3.8) is 0 Å². The lowest BCUT2D eigenvalue weighted by Gasteiger charge is -2.15. The number of rotatable bonds is 4. The smallest absolute Gasteiger partial charge is 0.222 e. The number of alkyl halides is 1. The molecule has 3 nitrogen and oxygen atoms in total. The van der Waals surface area contributed by atoms with Crippen LogP contribution in [0, 0.1) is 5.92 Å². The molecule has 16 heavy (non-hydrogen) atoms. The second kappa shape index (κ2) is 6.01. The van der Waals surface area contributed by atoms with Crippen molar-refractivity contribution in [2.45, 2.75) is 49.5 Å². The predicted octanol–water partition coefficient (Wildman–Crippen LogP) is 2.24. The Balaban J connectivity index is 1.63. The summed E-state index contributed by atoms with van der Waals surface area (Å²) >= 11 is 3.67. The van der Waals surface area contributed by atoms with Crippen molar-refractivity contribution in [3.8, 4) is 0 Å². The fourth-order valence-electron chi connectivity index (χ4n) is 2.55. The number of ether oxygens (including phenoxy) is 1. The van der Waals surface area contributed by atoms with Crippen molar-refractivity contribution in [2.24, 2.45) is 5.92 Å². The van der Waals surface area contributed by atoms with Crippen LogP contribution in [0.25, 0.3) is 0 Å². The third-order valence-electron chi connectivity index (χ3n) is 3.56. The molecular formula is C12H20BrNO2. The number of amides is 1. The molecule has 0 aromatic rings. The van der Waals surface area contributed by atoms with E-state index in [-0.39, 0.29) is 12.0 Å². The maximum Gasteiger partial charge on any atom is 0.222 e. The quantitative estimate of drug-likeness (QED) is 0.806. The second-order valence-corrected chi connectivity index (χ2v) is 6.03. The summed E-state index contributed by atoms with van der Waals surface area (Å²) in [5.41, 5.74) is 0. The molecule has 1 N–H and O–H groups in total. The van der Waals surface area contributed by atoms with E-state index in [9.17, 15) is 4.79 Å². The Morgan fingerprint density at radius 3 is 2.81 bits per heavy atom. The van der Waals surface area contributed by atoms with Gasteiger partial charge >= 0.3 is 0 Å². The molecule has 3 unspecified atom stereocenters. The zero-order valence-corrected chi connectivity index (χ0v) is 11.2. The van der Waals surface area contributed by atoms with Gasteiger partial charge in [-0.15, -0.1) is 0 Å². The van der Waals surface area contributed by atoms with Crippen molar-refractivity contribution < 1.29 is 9.53 Å². The van der Waals surface area contributed by atoms with Gasteiger partial charge in [-0.05, 0) is 31.6 Å². The molecule has 0 spiro atoms. The molecule has 3 atom stereocenters. The zero-order valence-electron chi connectivity index (χ0n) is 9.58. The standard InChI is InChI=1S/C12H20BrNO2/c13-11-5-1-3-9(11)8-14-12(15)7-10-4-2-6-16-10/h9-11H,1-8H2,(H,14,15). The molecule has 0 aromatic heterocycles. The lowest BCUT2D eigenvalue weighted by molar-refractivity contribution is -0.123. The SMILES string of the molecule is O=C(CC1CCCO1)NCC1CCCC1Br. The van der Waals surface area contributed by atoms with Crippen LogP contribution in [0.3, 0.4) is 0 Å². The number of nitrogens with one attached hydrogen (secondary N) is 1. The molecule has 2 fully saturated rings. The fraction of sp³-hybridized carbons (Fsp3) is 0.917. The fourth-order valence-corrected chi connectivity index (χ4v) is 3.33. The minimum absolute atomic E-state index is 0.151. The summed E-state index contributed by atoms with van der Waals surface area (Å²) in [5, 5.41) is 3.03. The molecule has 2 aliphatic rings. The van der Waals surface area contributed by atoms with Crippen molar-refractivity contribution >= 4 is 21.8 Å². The second-order valence-electron chi connectivity index (χ2n) is 4.85. The number of halogens is 1. The van der Waals surface area contributed by atoms with Gasteiger partial charge in [0.1, 0.15) is 0 Å². The average Bonchev–Trinajstić information content (AvgIpc) is 2.87. The predicted molar refractivity (Wildman–Crippen MR) is 66.7 cm³/mol. The van der Waals surface area contributed by atoms with Crippen LogP contribution in [-0.4, -0.2) is 30.0 Å². The highest BCUT2D eigenvalue weighted by Crippen LogP contribution is 2.30. The van der Waals surface area contributed by atoms with Crippen LogP contribution < -0.4 is 5.32 Å². The first-order chi connectivity index (χ1) is 7.75. The molecule has 0 radical (unpaired) electrons.